The van der Waals surface area contributed by atoms with E-state index >= 15 is 0 Å². The maximum absolute atomic E-state index is 12.8. The fraction of sp³-hybridized carbons (Fsp3) is 0.391. The van der Waals surface area contributed by atoms with Crippen molar-refractivity contribution in [2.75, 3.05) is 5.75 Å². The van der Waals surface area contributed by atoms with E-state index in [2.05, 4.69) is 4.98 Å². The highest BCUT2D eigenvalue weighted by atomic mass is 32.2. The van der Waals surface area contributed by atoms with E-state index in [0.29, 0.717) is 29.2 Å². The molecule has 2 atom stereocenters. The van der Waals surface area contributed by atoms with Crippen molar-refractivity contribution in [2.45, 2.75) is 44.8 Å². The maximum atomic E-state index is 12.8. The number of hydrogen-bond donors (Lipinski definition) is 1. The van der Waals surface area contributed by atoms with Gasteiger partial charge < -0.3 is 5.11 Å². The second-order valence-electron chi connectivity index (χ2n) is 7.90. The number of aliphatic hydroxyl groups excluding tert-OH is 1. The number of aliphatic hydroxyl groups is 1. The standard InChI is InChI=1S/C23H24F3NO2S/c1-13-4-5-14(2)18(8-13)22-19(28)9-16(10-20(22)29)15(3)12-30-21-7-6-17(11-27-21)23(24,25)26/h4-8,11,15-16,28H,9-10,12H2,1-3H3. The molecule has 1 aliphatic rings. The van der Waals surface area contributed by atoms with Crippen LogP contribution in [0, 0.1) is 25.7 Å². The van der Waals surface area contributed by atoms with E-state index in [0.717, 1.165) is 29.0 Å². The van der Waals surface area contributed by atoms with Gasteiger partial charge in [-0.2, -0.15) is 13.2 Å². The SMILES string of the molecule is Cc1ccc(C)c(C2=C(O)CC(C(C)CSc3ccc(C(F)(F)F)cn3)CC2=O)c1. The zero-order valence-electron chi connectivity index (χ0n) is 17.1. The number of carbonyl (C=O) groups is 1. The van der Waals surface area contributed by atoms with Gasteiger partial charge in [0.2, 0.25) is 0 Å². The zero-order chi connectivity index (χ0) is 22.1. The minimum absolute atomic E-state index is 0.0201. The Balaban J connectivity index is 1.67. The first kappa shape index (κ1) is 22.4. The first-order valence-electron chi connectivity index (χ1n) is 9.75. The van der Waals surface area contributed by atoms with Crippen molar-refractivity contribution in [2.24, 2.45) is 11.8 Å². The Bertz CT molecular complexity index is 967. The van der Waals surface area contributed by atoms with Gasteiger partial charge in [0.05, 0.1) is 16.2 Å². The summed E-state index contributed by atoms with van der Waals surface area (Å²) in [6.45, 7) is 5.86. The van der Waals surface area contributed by atoms with Crippen LogP contribution in [0.5, 0.6) is 0 Å². The van der Waals surface area contributed by atoms with Crippen molar-refractivity contribution in [3.8, 4) is 0 Å². The molecule has 1 N–H and O–H groups in total. The minimum Gasteiger partial charge on any atom is -0.512 e. The highest BCUT2D eigenvalue weighted by Gasteiger charge is 2.33. The normalized spacial score (nSPS) is 18.6. The van der Waals surface area contributed by atoms with Gasteiger partial charge in [-0.3, -0.25) is 4.79 Å². The number of nitrogens with zero attached hydrogens (tertiary/aromatic N) is 1. The summed E-state index contributed by atoms with van der Waals surface area (Å²) in [5.41, 5.74) is 2.40. The van der Waals surface area contributed by atoms with Crippen molar-refractivity contribution in [3.63, 3.8) is 0 Å². The first-order chi connectivity index (χ1) is 14.1. The largest absolute Gasteiger partial charge is 0.512 e. The lowest BCUT2D eigenvalue weighted by atomic mass is 9.78. The molecule has 30 heavy (non-hydrogen) atoms. The minimum atomic E-state index is -4.40. The van der Waals surface area contributed by atoms with Gasteiger partial charge in [-0.1, -0.05) is 30.7 Å². The average molecular weight is 436 g/mol. The number of rotatable bonds is 5. The number of hydrogen-bond acceptors (Lipinski definition) is 4. The highest BCUT2D eigenvalue weighted by Crippen LogP contribution is 2.38. The van der Waals surface area contributed by atoms with Crippen LogP contribution in [0.25, 0.3) is 5.57 Å². The molecule has 1 aromatic heterocycles. The van der Waals surface area contributed by atoms with Crippen LogP contribution in [-0.4, -0.2) is 21.6 Å². The molecule has 7 heteroatoms. The number of benzene rings is 1. The fourth-order valence-electron chi connectivity index (χ4n) is 3.62. The van der Waals surface area contributed by atoms with E-state index in [9.17, 15) is 23.1 Å². The first-order valence-corrected chi connectivity index (χ1v) is 10.7. The van der Waals surface area contributed by atoms with Crippen molar-refractivity contribution < 1.29 is 23.1 Å². The number of alkyl halides is 3. The Labute approximate surface area is 178 Å². The molecule has 1 aliphatic carbocycles. The second-order valence-corrected chi connectivity index (χ2v) is 8.94. The molecule has 0 saturated carbocycles. The molecule has 0 fully saturated rings. The Hall–Kier alpha value is -2.28. The zero-order valence-corrected chi connectivity index (χ0v) is 17.9. The monoisotopic (exact) mass is 435 g/mol. The van der Waals surface area contributed by atoms with Crippen molar-refractivity contribution in [3.05, 3.63) is 64.5 Å². The van der Waals surface area contributed by atoms with E-state index in [4.69, 9.17) is 0 Å². The maximum Gasteiger partial charge on any atom is 0.417 e. The molecule has 0 bridgehead atoms. The molecular formula is C23H24F3NO2S. The van der Waals surface area contributed by atoms with E-state index in [1.165, 1.54) is 17.8 Å². The van der Waals surface area contributed by atoms with E-state index in [1.54, 1.807) is 0 Å². The molecule has 2 unspecified atom stereocenters. The van der Waals surface area contributed by atoms with Crippen molar-refractivity contribution in [1.82, 2.24) is 4.98 Å². The van der Waals surface area contributed by atoms with Crippen LogP contribution >= 0.6 is 11.8 Å². The van der Waals surface area contributed by atoms with Gasteiger partial charge in [0.15, 0.2) is 5.78 Å². The Morgan fingerprint density at radius 3 is 2.53 bits per heavy atom. The Kier molecular flexibility index (Phi) is 6.60. The number of aryl methyl sites for hydroxylation is 2. The van der Waals surface area contributed by atoms with Crippen LogP contribution in [0.15, 0.2) is 47.3 Å². The van der Waals surface area contributed by atoms with Gasteiger partial charge in [0.1, 0.15) is 5.76 Å². The van der Waals surface area contributed by atoms with Gasteiger partial charge in [0.25, 0.3) is 0 Å². The summed E-state index contributed by atoms with van der Waals surface area (Å²) >= 11 is 1.36. The molecule has 0 spiro atoms. The molecular weight excluding hydrogens is 411 g/mol. The van der Waals surface area contributed by atoms with E-state index in [-0.39, 0.29) is 23.4 Å². The van der Waals surface area contributed by atoms with Gasteiger partial charge in [0, 0.05) is 24.8 Å². The number of aromatic nitrogens is 1. The molecule has 160 valence electrons. The quantitative estimate of drug-likeness (QED) is 0.553. The molecule has 3 nitrogen and oxygen atoms in total. The molecule has 0 amide bonds. The van der Waals surface area contributed by atoms with Crippen LogP contribution in [0.3, 0.4) is 0 Å². The van der Waals surface area contributed by atoms with Gasteiger partial charge >= 0.3 is 6.18 Å². The molecule has 2 aromatic rings. The number of pyridine rings is 1. The predicted molar refractivity (Wildman–Crippen MR) is 112 cm³/mol. The lowest BCUT2D eigenvalue weighted by Crippen LogP contribution is -2.25. The average Bonchev–Trinajstić information content (AvgIpc) is 2.67. The highest BCUT2D eigenvalue weighted by molar-refractivity contribution is 7.99. The van der Waals surface area contributed by atoms with Crippen LogP contribution in [-0.2, 0) is 11.0 Å². The molecule has 1 aromatic carbocycles. The summed E-state index contributed by atoms with van der Waals surface area (Å²) in [6.07, 6.45) is -2.81. The van der Waals surface area contributed by atoms with Crippen LogP contribution in [0.1, 0.15) is 42.0 Å². The molecule has 0 saturated heterocycles. The number of halogens is 3. The third kappa shape index (κ3) is 5.06. The topological polar surface area (TPSA) is 50.2 Å². The number of allylic oxidation sites excluding steroid dienone is 2. The second kappa shape index (κ2) is 8.84. The summed E-state index contributed by atoms with van der Waals surface area (Å²) in [5, 5.41) is 11.2. The molecule has 1 heterocycles. The Morgan fingerprint density at radius 2 is 1.93 bits per heavy atom. The third-order valence-corrected chi connectivity index (χ3v) is 6.73. The molecule has 0 aliphatic heterocycles. The third-order valence-electron chi connectivity index (χ3n) is 5.50. The molecule has 0 radical (unpaired) electrons. The van der Waals surface area contributed by atoms with Gasteiger partial charge in [-0.25, -0.2) is 4.98 Å². The van der Waals surface area contributed by atoms with E-state index < -0.39 is 11.7 Å². The number of Topliss-reactive ketones (excluding diaryl/α,β-unsaturated/α-hetero) is 1. The van der Waals surface area contributed by atoms with Gasteiger partial charge in [-0.15, -0.1) is 11.8 Å². The lowest BCUT2D eigenvalue weighted by molar-refractivity contribution is -0.137. The van der Waals surface area contributed by atoms with Gasteiger partial charge in [-0.05, 0) is 48.9 Å². The van der Waals surface area contributed by atoms with Crippen molar-refractivity contribution >= 4 is 23.1 Å². The summed E-state index contributed by atoms with van der Waals surface area (Å²) in [4.78, 5) is 16.7. The van der Waals surface area contributed by atoms with Crippen molar-refractivity contribution in [1.29, 1.82) is 0 Å². The summed E-state index contributed by atoms with van der Waals surface area (Å²) < 4.78 is 37.9. The predicted octanol–water partition coefficient (Wildman–Crippen LogP) is 6.39. The number of thioether (sulfide) groups is 1. The summed E-state index contributed by atoms with van der Waals surface area (Å²) in [6, 6.07) is 8.23. The van der Waals surface area contributed by atoms with Crippen LogP contribution < -0.4 is 0 Å². The van der Waals surface area contributed by atoms with Crippen LogP contribution in [0.2, 0.25) is 0 Å². The Morgan fingerprint density at radius 1 is 1.20 bits per heavy atom. The van der Waals surface area contributed by atoms with E-state index in [1.807, 2.05) is 39.0 Å². The van der Waals surface area contributed by atoms with Crippen LogP contribution in [0.4, 0.5) is 13.2 Å². The number of carbonyl (C=O) groups excluding carboxylic acids is 1. The molecule has 3 rings (SSSR count). The lowest BCUT2D eigenvalue weighted by Gasteiger charge is -2.28. The number of ketones is 1. The summed E-state index contributed by atoms with van der Waals surface area (Å²) in [5.74, 6) is 0.720. The summed E-state index contributed by atoms with van der Waals surface area (Å²) in [7, 11) is 0. The smallest absolute Gasteiger partial charge is 0.417 e. The fourth-order valence-corrected chi connectivity index (χ4v) is 4.62.